The average molecular weight is 569 g/mol. The molecule has 0 unspecified atom stereocenters. The molecule has 4 aromatic rings. The van der Waals surface area contributed by atoms with Gasteiger partial charge in [-0.2, -0.15) is 4.98 Å². The number of pyridine rings is 1. The summed E-state index contributed by atoms with van der Waals surface area (Å²) in [4.78, 5) is 44.5. The fourth-order valence-electron chi connectivity index (χ4n) is 6.16. The van der Waals surface area contributed by atoms with E-state index in [9.17, 15) is 9.59 Å². The van der Waals surface area contributed by atoms with Crippen molar-refractivity contribution in [1.82, 2.24) is 29.2 Å². The Balaban J connectivity index is 1.45. The molecule has 3 aromatic heterocycles. The first kappa shape index (κ1) is 27.6. The summed E-state index contributed by atoms with van der Waals surface area (Å²) in [5.41, 5.74) is 2.62. The summed E-state index contributed by atoms with van der Waals surface area (Å²) in [6.45, 7) is 16.2. The van der Waals surface area contributed by atoms with Crippen molar-refractivity contribution in [3.63, 3.8) is 0 Å². The normalized spacial score (nSPS) is 17.5. The van der Waals surface area contributed by atoms with E-state index in [1.165, 1.54) is 22.0 Å². The Hall–Kier alpha value is -4.51. The average Bonchev–Trinajstić information content (AvgIpc) is 3.19. The molecule has 0 aliphatic carbocycles. The molecule has 1 amide bonds. The number of allylic oxidation sites excluding steroid dienone is 1. The Morgan fingerprint density at radius 2 is 1.90 bits per heavy atom. The van der Waals surface area contributed by atoms with E-state index < -0.39 is 5.60 Å². The van der Waals surface area contributed by atoms with Gasteiger partial charge in [0.25, 0.3) is 11.5 Å². The van der Waals surface area contributed by atoms with Crippen LogP contribution in [0.25, 0.3) is 16.9 Å². The quantitative estimate of drug-likeness (QED) is 0.346. The van der Waals surface area contributed by atoms with Gasteiger partial charge in [-0.15, -0.1) is 6.58 Å². The first-order valence-corrected chi connectivity index (χ1v) is 14.1. The van der Waals surface area contributed by atoms with Gasteiger partial charge >= 0.3 is 0 Å². The van der Waals surface area contributed by atoms with E-state index in [-0.39, 0.29) is 23.4 Å². The largest absolute Gasteiger partial charge is 0.474 e. The predicted molar refractivity (Wildman–Crippen MR) is 163 cm³/mol. The Kier molecular flexibility index (Phi) is 6.45. The monoisotopic (exact) mass is 568 g/mol. The minimum Gasteiger partial charge on any atom is -0.474 e. The van der Waals surface area contributed by atoms with Gasteiger partial charge in [0.15, 0.2) is 28.6 Å². The van der Waals surface area contributed by atoms with Gasteiger partial charge in [0.1, 0.15) is 5.39 Å². The van der Waals surface area contributed by atoms with Crippen molar-refractivity contribution in [3.8, 4) is 11.6 Å². The highest BCUT2D eigenvalue weighted by Crippen LogP contribution is 2.37. The second-order valence-electron chi connectivity index (χ2n) is 12.1. The van der Waals surface area contributed by atoms with Crippen LogP contribution in [0.3, 0.4) is 0 Å². The van der Waals surface area contributed by atoms with E-state index in [4.69, 9.17) is 14.7 Å². The number of ether oxygens (including phenoxy) is 1. The highest BCUT2D eigenvalue weighted by atomic mass is 16.5. The second kappa shape index (κ2) is 9.80. The first-order valence-electron chi connectivity index (χ1n) is 14.1. The highest BCUT2D eigenvalue weighted by molar-refractivity contribution is 6.01. The molecule has 2 aliphatic heterocycles. The highest BCUT2D eigenvalue weighted by Gasteiger charge is 2.41. The molecule has 0 radical (unpaired) electrons. The minimum absolute atomic E-state index is 0.0566. The first-order chi connectivity index (χ1) is 19.9. The fraction of sp³-hybridized carbons (Fsp3) is 0.387. The van der Waals surface area contributed by atoms with Crippen LogP contribution in [0, 0.1) is 0 Å². The molecular formula is C31H36N8O3. The number of fused-ring (bicyclic) bond motifs is 3. The third kappa shape index (κ3) is 4.44. The molecule has 2 aliphatic rings. The van der Waals surface area contributed by atoms with Gasteiger partial charge in [0.2, 0.25) is 5.95 Å². The Morgan fingerprint density at radius 1 is 1.12 bits per heavy atom. The van der Waals surface area contributed by atoms with Crippen LogP contribution < -0.4 is 20.5 Å². The van der Waals surface area contributed by atoms with E-state index >= 15 is 0 Å². The number of amides is 1. The lowest BCUT2D eigenvalue weighted by Crippen LogP contribution is -2.52. The summed E-state index contributed by atoms with van der Waals surface area (Å²) in [6.07, 6.45) is 3.17. The summed E-state index contributed by atoms with van der Waals surface area (Å²) < 4.78 is 9.14. The fourth-order valence-corrected chi connectivity index (χ4v) is 6.16. The molecule has 1 N–H and O–H groups in total. The number of rotatable bonds is 6. The molecule has 1 aromatic carbocycles. The van der Waals surface area contributed by atoms with E-state index in [1.807, 2.05) is 13.0 Å². The number of nitrogens with one attached hydrogen (secondary N) is 1. The van der Waals surface area contributed by atoms with Crippen molar-refractivity contribution in [3.05, 3.63) is 70.7 Å². The lowest BCUT2D eigenvalue weighted by atomic mass is 9.78. The van der Waals surface area contributed by atoms with Crippen molar-refractivity contribution >= 4 is 34.4 Å². The van der Waals surface area contributed by atoms with Crippen molar-refractivity contribution in [2.75, 3.05) is 30.4 Å². The van der Waals surface area contributed by atoms with Gasteiger partial charge in [-0.25, -0.2) is 19.3 Å². The molecule has 0 fully saturated rings. The van der Waals surface area contributed by atoms with Gasteiger partial charge in [-0.05, 0) is 63.2 Å². The third-order valence-electron chi connectivity index (χ3n) is 7.91. The van der Waals surface area contributed by atoms with E-state index in [2.05, 4.69) is 54.8 Å². The Labute approximate surface area is 244 Å². The molecule has 0 atom stereocenters. The second-order valence-corrected chi connectivity index (χ2v) is 12.1. The number of likely N-dealkylation sites (N-methyl/N-ethyl adjacent to an activating group) is 2. The van der Waals surface area contributed by atoms with Gasteiger partial charge in [0, 0.05) is 36.9 Å². The van der Waals surface area contributed by atoms with Crippen molar-refractivity contribution in [2.24, 2.45) is 0 Å². The summed E-state index contributed by atoms with van der Waals surface area (Å²) in [5.74, 6) is 1.48. The lowest BCUT2D eigenvalue weighted by Gasteiger charge is -2.38. The number of carbonyl (C=O) groups excluding carboxylic acids is 1. The van der Waals surface area contributed by atoms with Crippen molar-refractivity contribution in [2.45, 2.75) is 58.7 Å². The van der Waals surface area contributed by atoms with Gasteiger partial charge in [-0.3, -0.25) is 14.5 Å². The zero-order valence-electron chi connectivity index (χ0n) is 24.9. The van der Waals surface area contributed by atoms with Crippen molar-refractivity contribution in [1.29, 1.82) is 0 Å². The zero-order chi connectivity index (χ0) is 30.0. The number of benzene rings is 1. The molecule has 0 bridgehead atoms. The molecule has 0 spiro atoms. The van der Waals surface area contributed by atoms with Crippen LogP contribution in [0.15, 0.2) is 54.0 Å². The molecule has 218 valence electrons. The van der Waals surface area contributed by atoms with Crippen LogP contribution in [-0.2, 0) is 23.3 Å². The van der Waals surface area contributed by atoms with Crippen LogP contribution in [0.4, 0.5) is 17.5 Å². The standard InChI is InChI=1S/C31H36N8O3/c1-8-14-38-27(40)21-16-32-29(33-20-10-11-22-19(15-20)17-36(7)18-30(22,3)4)35-25(21)39(38)24-13-12-23-26(34-24)37(9-2)28(41)31(5,6)42-23/h8,10-13,15-16H,1,9,14,17-18H2,2-7H3,(H,32,33,35). The molecule has 6 rings (SSSR count). The Bertz CT molecular complexity index is 1800. The molecule has 11 nitrogen and oxygen atoms in total. The number of nitrogens with zero attached hydrogens (tertiary/aromatic N) is 7. The molecule has 5 heterocycles. The molecular weight excluding hydrogens is 532 g/mol. The van der Waals surface area contributed by atoms with Crippen LogP contribution in [0.1, 0.15) is 45.7 Å². The lowest BCUT2D eigenvalue weighted by molar-refractivity contribution is -0.132. The predicted octanol–water partition coefficient (Wildman–Crippen LogP) is 4.15. The number of carbonyl (C=O) groups is 1. The number of anilines is 3. The summed E-state index contributed by atoms with van der Waals surface area (Å²) in [7, 11) is 2.13. The topological polar surface area (TPSA) is 110 Å². The SMILES string of the molecule is C=CCn1c(=O)c2cnc(Nc3ccc4c(c3)CN(C)CC4(C)C)nc2n1-c1ccc2c(n1)N(CC)C(=O)C(C)(C)O2. The number of hydrogen-bond acceptors (Lipinski definition) is 8. The third-order valence-corrected chi connectivity index (χ3v) is 7.91. The molecule has 42 heavy (non-hydrogen) atoms. The zero-order valence-corrected chi connectivity index (χ0v) is 24.9. The van der Waals surface area contributed by atoms with E-state index in [0.29, 0.717) is 40.9 Å². The van der Waals surface area contributed by atoms with Crippen LogP contribution in [0.5, 0.6) is 5.75 Å². The van der Waals surface area contributed by atoms with E-state index in [0.717, 1.165) is 18.8 Å². The van der Waals surface area contributed by atoms with E-state index in [1.54, 1.807) is 41.6 Å². The maximum atomic E-state index is 13.5. The summed E-state index contributed by atoms with van der Waals surface area (Å²) >= 11 is 0. The molecule has 0 saturated carbocycles. The molecule has 0 saturated heterocycles. The van der Waals surface area contributed by atoms with Gasteiger partial charge in [0.05, 0.1) is 6.54 Å². The summed E-state index contributed by atoms with van der Waals surface area (Å²) in [5, 5.41) is 3.67. The maximum absolute atomic E-state index is 13.5. The summed E-state index contributed by atoms with van der Waals surface area (Å²) in [6, 6.07) is 9.88. The number of hydrogen-bond donors (Lipinski definition) is 1. The maximum Gasteiger partial charge on any atom is 0.278 e. The van der Waals surface area contributed by atoms with Crippen LogP contribution in [-0.4, -0.2) is 60.9 Å². The Morgan fingerprint density at radius 3 is 2.64 bits per heavy atom. The smallest absolute Gasteiger partial charge is 0.278 e. The minimum atomic E-state index is -1.01. The van der Waals surface area contributed by atoms with Gasteiger partial charge in [-0.1, -0.05) is 26.0 Å². The van der Waals surface area contributed by atoms with Crippen LogP contribution in [0.2, 0.25) is 0 Å². The molecule has 11 heteroatoms. The van der Waals surface area contributed by atoms with Crippen molar-refractivity contribution < 1.29 is 9.53 Å². The van der Waals surface area contributed by atoms with Crippen LogP contribution >= 0.6 is 0 Å². The number of aromatic nitrogens is 5. The van der Waals surface area contributed by atoms with Gasteiger partial charge < -0.3 is 15.0 Å².